The third-order valence-electron chi connectivity index (χ3n) is 2.14. The molecule has 3 amide bonds. The van der Waals surface area contributed by atoms with Gasteiger partial charge in [-0.05, 0) is 13.3 Å². The number of hydrogen-bond acceptors (Lipinski definition) is 5. The molecule has 0 unspecified atom stereocenters. The van der Waals surface area contributed by atoms with Crippen LogP contribution < -0.4 is 10.6 Å². The van der Waals surface area contributed by atoms with Crippen molar-refractivity contribution < 1.29 is 19.5 Å². The van der Waals surface area contributed by atoms with Crippen molar-refractivity contribution in [3.8, 4) is 0 Å². The molecule has 0 saturated heterocycles. The zero-order valence-corrected chi connectivity index (χ0v) is 11.2. The highest BCUT2D eigenvalue weighted by Gasteiger charge is 2.08. The van der Waals surface area contributed by atoms with E-state index in [1.54, 1.807) is 6.20 Å². The summed E-state index contributed by atoms with van der Waals surface area (Å²) in [6, 6.07) is -0.591. The minimum atomic E-state index is -0.960. The van der Waals surface area contributed by atoms with Gasteiger partial charge >= 0.3 is 12.0 Å². The van der Waals surface area contributed by atoms with Crippen molar-refractivity contribution in [2.75, 3.05) is 0 Å². The molecule has 3 N–H and O–H groups in total. The molecule has 19 heavy (non-hydrogen) atoms. The summed E-state index contributed by atoms with van der Waals surface area (Å²) in [5.41, 5.74) is 0. The lowest BCUT2D eigenvalue weighted by Gasteiger charge is -2.04. The van der Waals surface area contributed by atoms with E-state index in [1.165, 1.54) is 11.3 Å². The van der Waals surface area contributed by atoms with Crippen LogP contribution in [0.4, 0.5) is 4.79 Å². The number of nitrogens with zero attached hydrogens (tertiary/aromatic N) is 1. The first-order valence-corrected chi connectivity index (χ1v) is 6.50. The van der Waals surface area contributed by atoms with Crippen LogP contribution in [0.2, 0.25) is 0 Å². The lowest BCUT2D eigenvalue weighted by molar-refractivity contribution is -0.137. The maximum absolute atomic E-state index is 11.4. The van der Waals surface area contributed by atoms with Gasteiger partial charge in [0.25, 0.3) is 0 Å². The SMILES string of the molecule is Cc1ncc(CNC(=O)NC(=O)CCCC(=O)O)s1. The van der Waals surface area contributed by atoms with E-state index in [-0.39, 0.29) is 19.3 Å². The van der Waals surface area contributed by atoms with Crippen LogP contribution in [-0.2, 0) is 16.1 Å². The standard InChI is InChI=1S/C11H15N3O4S/c1-7-12-5-8(19-7)6-13-11(18)14-9(15)3-2-4-10(16)17/h5H,2-4,6H2,1H3,(H,16,17)(H2,13,14,15,18). The topological polar surface area (TPSA) is 108 Å². The van der Waals surface area contributed by atoms with E-state index in [9.17, 15) is 14.4 Å². The minimum absolute atomic E-state index is 0.0133. The van der Waals surface area contributed by atoms with Crippen LogP contribution in [0, 0.1) is 6.92 Å². The van der Waals surface area contributed by atoms with Crippen LogP contribution in [0.15, 0.2) is 6.20 Å². The summed E-state index contributed by atoms with van der Waals surface area (Å²) in [4.78, 5) is 37.8. The highest BCUT2D eigenvalue weighted by atomic mass is 32.1. The van der Waals surface area contributed by atoms with Gasteiger partial charge in [-0.1, -0.05) is 0 Å². The molecule has 0 aliphatic heterocycles. The molecule has 0 atom stereocenters. The summed E-state index contributed by atoms with van der Waals surface area (Å²) in [6.45, 7) is 2.17. The van der Waals surface area contributed by atoms with Gasteiger partial charge in [0.15, 0.2) is 0 Å². The molecular weight excluding hydrogens is 270 g/mol. The molecule has 0 radical (unpaired) electrons. The summed E-state index contributed by atoms with van der Waals surface area (Å²) in [5, 5.41) is 14.0. The van der Waals surface area contributed by atoms with E-state index in [0.29, 0.717) is 6.54 Å². The average molecular weight is 285 g/mol. The van der Waals surface area contributed by atoms with Gasteiger partial charge < -0.3 is 10.4 Å². The Morgan fingerprint density at radius 2 is 2.11 bits per heavy atom. The lowest BCUT2D eigenvalue weighted by atomic mass is 10.2. The number of rotatable bonds is 6. The molecule has 0 aliphatic rings. The number of thiazole rings is 1. The highest BCUT2D eigenvalue weighted by Crippen LogP contribution is 2.10. The van der Waals surface area contributed by atoms with Crippen LogP contribution in [0.5, 0.6) is 0 Å². The first-order valence-electron chi connectivity index (χ1n) is 5.68. The smallest absolute Gasteiger partial charge is 0.321 e. The van der Waals surface area contributed by atoms with E-state index in [4.69, 9.17) is 5.11 Å². The molecule has 1 rings (SSSR count). The Morgan fingerprint density at radius 3 is 2.68 bits per heavy atom. The fourth-order valence-electron chi connectivity index (χ4n) is 1.29. The molecule has 1 aromatic rings. The first-order chi connectivity index (χ1) is 8.97. The number of carbonyl (C=O) groups excluding carboxylic acids is 2. The largest absolute Gasteiger partial charge is 0.481 e. The Labute approximate surface area is 114 Å². The fraction of sp³-hybridized carbons (Fsp3) is 0.455. The quantitative estimate of drug-likeness (QED) is 0.723. The zero-order chi connectivity index (χ0) is 14.3. The number of aliphatic carboxylic acids is 1. The van der Waals surface area contributed by atoms with Crippen LogP contribution >= 0.6 is 11.3 Å². The van der Waals surface area contributed by atoms with Gasteiger partial charge in [0.05, 0.1) is 11.6 Å². The molecule has 0 bridgehead atoms. The Morgan fingerprint density at radius 1 is 1.37 bits per heavy atom. The zero-order valence-electron chi connectivity index (χ0n) is 10.4. The Kier molecular flexibility index (Phi) is 5.94. The maximum atomic E-state index is 11.4. The van der Waals surface area contributed by atoms with E-state index in [2.05, 4.69) is 15.6 Å². The monoisotopic (exact) mass is 285 g/mol. The van der Waals surface area contributed by atoms with E-state index < -0.39 is 17.9 Å². The number of amides is 3. The van der Waals surface area contributed by atoms with E-state index in [1.807, 2.05) is 6.92 Å². The summed E-state index contributed by atoms with van der Waals surface area (Å²) < 4.78 is 0. The van der Waals surface area contributed by atoms with Crippen molar-refractivity contribution in [1.29, 1.82) is 0 Å². The number of aromatic nitrogens is 1. The third kappa shape index (κ3) is 6.51. The minimum Gasteiger partial charge on any atom is -0.481 e. The van der Waals surface area contributed by atoms with Crippen molar-refractivity contribution in [1.82, 2.24) is 15.6 Å². The van der Waals surface area contributed by atoms with Crippen LogP contribution in [-0.4, -0.2) is 28.0 Å². The molecule has 0 aliphatic carbocycles. The molecule has 1 heterocycles. The van der Waals surface area contributed by atoms with Gasteiger partial charge in [-0.15, -0.1) is 11.3 Å². The number of carboxylic acid groups (broad SMARTS) is 1. The van der Waals surface area contributed by atoms with Crippen molar-refractivity contribution in [2.24, 2.45) is 0 Å². The van der Waals surface area contributed by atoms with Gasteiger partial charge in [-0.3, -0.25) is 14.9 Å². The molecule has 104 valence electrons. The van der Waals surface area contributed by atoms with E-state index in [0.717, 1.165) is 9.88 Å². The molecule has 0 saturated carbocycles. The van der Waals surface area contributed by atoms with Gasteiger partial charge in [0.2, 0.25) is 5.91 Å². The average Bonchev–Trinajstić information content (AvgIpc) is 2.72. The third-order valence-corrected chi connectivity index (χ3v) is 3.05. The van der Waals surface area contributed by atoms with Crippen molar-refractivity contribution in [2.45, 2.75) is 32.7 Å². The van der Waals surface area contributed by atoms with Gasteiger partial charge in [0, 0.05) is 23.9 Å². The molecular formula is C11H15N3O4S. The summed E-state index contributed by atoms with van der Waals surface area (Å²) in [6.07, 6.45) is 1.80. The van der Waals surface area contributed by atoms with Crippen molar-refractivity contribution in [3.63, 3.8) is 0 Å². The summed E-state index contributed by atoms with van der Waals surface area (Å²) in [7, 11) is 0. The van der Waals surface area contributed by atoms with Gasteiger partial charge in [-0.2, -0.15) is 0 Å². The van der Waals surface area contributed by atoms with Crippen molar-refractivity contribution >= 4 is 29.2 Å². The van der Waals surface area contributed by atoms with E-state index >= 15 is 0 Å². The Balaban J connectivity index is 2.19. The second-order valence-electron chi connectivity index (χ2n) is 3.82. The first kappa shape index (κ1) is 15.1. The number of hydrogen-bond donors (Lipinski definition) is 3. The van der Waals surface area contributed by atoms with Crippen LogP contribution in [0.25, 0.3) is 0 Å². The maximum Gasteiger partial charge on any atom is 0.321 e. The van der Waals surface area contributed by atoms with Gasteiger partial charge in [-0.25, -0.2) is 9.78 Å². The molecule has 1 aromatic heterocycles. The predicted octanol–water partition coefficient (Wildman–Crippen LogP) is 1.03. The second-order valence-corrected chi connectivity index (χ2v) is 5.14. The fourth-order valence-corrected chi connectivity index (χ4v) is 2.02. The number of carbonyl (C=O) groups is 3. The summed E-state index contributed by atoms with van der Waals surface area (Å²) in [5.74, 6) is -1.45. The molecule has 0 fully saturated rings. The number of imide groups is 1. The molecule has 7 nitrogen and oxygen atoms in total. The van der Waals surface area contributed by atoms with Crippen LogP contribution in [0.1, 0.15) is 29.1 Å². The number of aryl methyl sites for hydroxylation is 1. The Bertz CT molecular complexity index is 472. The molecule has 0 aromatic carbocycles. The van der Waals surface area contributed by atoms with Crippen molar-refractivity contribution in [3.05, 3.63) is 16.1 Å². The highest BCUT2D eigenvalue weighted by molar-refractivity contribution is 7.11. The van der Waals surface area contributed by atoms with Gasteiger partial charge in [0.1, 0.15) is 0 Å². The number of carboxylic acids is 1. The lowest BCUT2D eigenvalue weighted by Crippen LogP contribution is -2.38. The summed E-state index contributed by atoms with van der Waals surface area (Å²) >= 11 is 1.46. The second kappa shape index (κ2) is 7.47. The molecule has 8 heteroatoms. The number of nitrogens with one attached hydrogen (secondary N) is 2. The Hall–Kier alpha value is -1.96. The molecule has 0 spiro atoms. The number of urea groups is 1. The predicted molar refractivity (Wildman–Crippen MR) is 68.7 cm³/mol. The normalized spacial score (nSPS) is 9.95. The van der Waals surface area contributed by atoms with Crippen LogP contribution in [0.3, 0.4) is 0 Å².